The molecule has 3 aromatic rings. The van der Waals surface area contributed by atoms with Gasteiger partial charge < -0.3 is 4.90 Å². The molecule has 0 N–H and O–H groups in total. The third-order valence-corrected chi connectivity index (χ3v) is 4.98. The number of halogens is 1. The van der Waals surface area contributed by atoms with Crippen molar-refractivity contribution in [3.8, 4) is 5.82 Å². The molecule has 4 rings (SSSR count). The summed E-state index contributed by atoms with van der Waals surface area (Å²) in [4.78, 5) is 23.5. The Bertz CT molecular complexity index is 908. The molecule has 1 atom stereocenters. The zero-order valence-electron chi connectivity index (χ0n) is 15.0. The van der Waals surface area contributed by atoms with E-state index in [4.69, 9.17) is 4.98 Å². The number of aromatic nitrogens is 3. The lowest BCUT2D eigenvalue weighted by Crippen LogP contribution is -2.31. The molecule has 6 heteroatoms. The lowest BCUT2D eigenvalue weighted by Gasteiger charge is -2.25. The highest BCUT2D eigenvalue weighted by molar-refractivity contribution is 5.77. The number of hydrogen-bond acceptors (Lipinski definition) is 3. The van der Waals surface area contributed by atoms with E-state index in [0.717, 1.165) is 36.5 Å². The molecule has 1 saturated heterocycles. The lowest BCUT2D eigenvalue weighted by atomic mass is 10.1. The van der Waals surface area contributed by atoms with Crippen LogP contribution in [0.5, 0.6) is 0 Å². The molecule has 0 spiro atoms. The zero-order chi connectivity index (χ0) is 18.6. The molecule has 3 heterocycles. The summed E-state index contributed by atoms with van der Waals surface area (Å²) in [5, 5.41) is 0. The molecular formula is C21H21FN4O. The summed E-state index contributed by atoms with van der Waals surface area (Å²) in [5.74, 6) is 0.667. The van der Waals surface area contributed by atoms with Crippen LogP contribution >= 0.6 is 0 Å². The summed E-state index contributed by atoms with van der Waals surface area (Å²) in [7, 11) is 0. The van der Waals surface area contributed by atoms with Crippen molar-refractivity contribution in [2.75, 3.05) is 6.54 Å². The van der Waals surface area contributed by atoms with Gasteiger partial charge in [-0.15, -0.1) is 0 Å². The van der Waals surface area contributed by atoms with E-state index in [2.05, 4.69) is 4.98 Å². The van der Waals surface area contributed by atoms with E-state index in [1.165, 1.54) is 12.1 Å². The maximum atomic E-state index is 13.0. The minimum Gasteiger partial charge on any atom is -0.334 e. The third kappa shape index (κ3) is 3.89. The number of nitrogens with zero attached hydrogens (tertiary/aromatic N) is 4. The molecule has 5 nitrogen and oxygen atoms in total. The van der Waals surface area contributed by atoms with Crippen LogP contribution in [0.3, 0.4) is 0 Å². The predicted molar refractivity (Wildman–Crippen MR) is 99.8 cm³/mol. The molecule has 1 aliphatic rings. The highest BCUT2D eigenvalue weighted by Crippen LogP contribution is 2.32. The van der Waals surface area contributed by atoms with Gasteiger partial charge in [0.25, 0.3) is 0 Å². The Morgan fingerprint density at radius 3 is 2.81 bits per heavy atom. The molecule has 0 unspecified atom stereocenters. The Kier molecular flexibility index (Phi) is 4.96. The molecule has 1 aromatic carbocycles. The number of amides is 1. The third-order valence-electron chi connectivity index (χ3n) is 4.98. The quantitative estimate of drug-likeness (QED) is 0.694. The van der Waals surface area contributed by atoms with Crippen molar-refractivity contribution in [3.63, 3.8) is 0 Å². The fraction of sp³-hybridized carbons (Fsp3) is 0.286. The van der Waals surface area contributed by atoms with Crippen LogP contribution in [0.1, 0.15) is 36.6 Å². The summed E-state index contributed by atoms with van der Waals surface area (Å²) in [6.45, 7) is 0.754. The van der Waals surface area contributed by atoms with E-state index < -0.39 is 0 Å². The number of hydrogen-bond donors (Lipinski definition) is 0. The topological polar surface area (TPSA) is 51.0 Å². The van der Waals surface area contributed by atoms with Crippen LogP contribution in [-0.2, 0) is 11.2 Å². The van der Waals surface area contributed by atoms with Gasteiger partial charge >= 0.3 is 0 Å². The number of pyridine rings is 1. The molecule has 1 aliphatic heterocycles. The second kappa shape index (κ2) is 7.70. The van der Waals surface area contributed by atoms with Crippen molar-refractivity contribution in [1.29, 1.82) is 0 Å². The molecule has 0 aliphatic carbocycles. The van der Waals surface area contributed by atoms with Crippen LogP contribution in [0.25, 0.3) is 5.82 Å². The number of benzene rings is 1. The first-order chi connectivity index (χ1) is 13.2. The number of carbonyl (C=O) groups is 1. The fourth-order valence-electron chi connectivity index (χ4n) is 3.58. The minimum atomic E-state index is -0.256. The standard InChI is InChI=1S/C21H21FN4O/c22-17-9-6-16(7-10-17)8-11-21(27)26-13-2-4-19(26)18-3-1-5-20(24-18)25-14-12-23-15-25/h1,3,5-7,9-10,12,14-15,19H,2,4,8,11,13H2/t19-/m1/s1. The number of likely N-dealkylation sites (tertiary alicyclic amines) is 1. The molecule has 0 saturated carbocycles. The molecule has 27 heavy (non-hydrogen) atoms. The van der Waals surface area contributed by atoms with Crippen molar-refractivity contribution in [3.05, 3.63) is 78.3 Å². The summed E-state index contributed by atoms with van der Waals surface area (Å²) >= 11 is 0. The zero-order valence-corrected chi connectivity index (χ0v) is 15.0. The molecule has 1 fully saturated rings. The molecule has 2 aromatic heterocycles. The molecule has 0 radical (unpaired) electrons. The summed E-state index contributed by atoms with van der Waals surface area (Å²) in [6.07, 6.45) is 8.22. The maximum Gasteiger partial charge on any atom is 0.223 e. The van der Waals surface area contributed by atoms with E-state index in [0.29, 0.717) is 12.8 Å². The van der Waals surface area contributed by atoms with Gasteiger partial charge in [-0.1, -0.05) is 18.2 Å². The number of imidazole rings is 1. The van der Waals surface area contributed by atoms with Crippen LogP contribution in [-0.4, -0.2) is 31.9 Å². The van der Waals surface area contributed by atoms with Crippen molar-refractivity contribution in [2.45, 2.75) is 31.7 Å². The van der Waals surface area contributed by atoms with Gasteiger partial charge in [-0.25, -0.2) is 14.4 Å². The Hall–Kier alpha value is -3.02. The van der Waals surface area contributed by atoms with E-state index >= 15 is 0 Å². The van der Waals surface area contributed by atoms with Crippen molar-refractivity contribution in [1.82, 2.24) is 19.4 Å². The second-order valence-electron chi connectivity index (χ2n) is 6.76. The molecule has 138 valence electrons. The number of rotatable bonds is 5. The normalized spacial score (nSPS) is 16.6. The van der Waals surface area contributed by atoms with Crippen molar-refractivity contribution in [2.24, 2.45) is 0 Å². The smallest absolute Gasteiger partial charge is 0.223 e. The van der Waals surface area contributed by atoms with Gasteiger partial charge in [0.05, 0.1) is 11.7 Å². The van der Waals surface area contributed by atoms with Gasteiger partial charge in [0.2, 0.25) is 5.91 Å². The van der Waals surface area contributed by atoms with E-state index in [9.17, 15) is 9.18 Å². The Morgan fingerprint density at radius 2 is 2.04 bits per heavy atom. The van der Waals surface area contributed by atoms with E-state index in [1.54, 1.807) is 24.7 Å². The van der Waals surface area contributed by atoms with Crippen LogP contribution in [0.15, 0.2) is 61.2 Å². The Balaban J connectivity index is 1.46. The first kappa shape index (κ1) is 17.4. The average molecular weight is 364 g/mol. The minimum absolute atomic E-state index is 0.00851. The van der Waals surface area contributed by atoms with Crippen LogP contribution < -0.4 is 0 Å². The predicted octanol–water partition coefficient (Wildman–Crippen LogP) is 3.70. The van der Waals surface area contributed by atoms with Gasteiger partial charge in [0.1, 0.15) is 18.0 Å². The Morgan fingerprint density at radius 1 is 1.19 bits per heavy atom. The SMILES string of the molecule is O=C(CCc1ccc(F)cc1)N1CCC[C@@H]1c1cccc(-n2ccnc2)n1. The van der Waals surface area contributed by atoms with Gasteiger partial charge in [0.15, 0.2) is 0 Å². The van der Waals surface area contributed by atoms with Gasteiger partial charge in [-0.05, 0) is 49.1 Å². The number of aryl methyl sites for hydroxylation is 1. The highest BCUT2D eigenvalue weighted by atomic mass is 19.1. The first-order valence-electron chi connectivity index (χ1n) is 9.20. The number of carbonyl (C=O) groups excluding carboxylic acids is 1. The lowest BCUT2D eigenvalue weighted by molar-refractivity contribution is -0.132. The van der Waals surface area contributed by atoms with Crippen molar-refractivity contribution < 1.29 is 9.18 Å². The van der Waals surface area contributed by atoms with Gasteiger partial charge in [-0.2, -0.15) is 0 Å². The monoisotopic (exact) mass is 364 g/mol. The second-order valence-corrected chi connectivity index (χ2v) is 6.76. The summed E-state index contributed by atoms with van der Waals surface area (Å²) < 4.78 is 14.9. The average Bonchev–Trinajstić information content (AvgIpc) is 3.39. The molecular weight excluding hydrogens is 343 g/mol. The molecule has 1 amide bonds. The van der Waals surface area contributed by atoms with Crippen LogP contribution in [0, 0.1) is 5.82 Å². The van der Waals surface area contributed by atoms with Gasteiger partial charge in [0, 0.05) is 25.4 Å². The van der Waals surface area contributed by atoms with Crippen molar-refractivity contribution >= 4 is 5.91 Å². The van der Waals surface area contributed by atoms with Crippen LogP contribution in [0.2, 0.25) is 0 Å². The molecule has 0 bridgehead atoms. The largest absolute Gasteiger partial charge is 0.334 e. The van der Waals surface area contributed by atoms with E-state index in [-0.39, 0.29) is 17.8 Å². The Labute approximate surface area is 157 Å². The summed E-state index contributed by atoms with van der Waals surface area (Å²) in [5.41, 5.74) is 1.88. The van der Waals surface area contributed by atoms with Crippen LogP contribution in [0.4, 0.5) is 4.39 Å². The van der Waals surface area contributed by atoms with E-state index in [1.807, 2.05) is 33.9 Å². The maximum absolute atomic E-state index is 13.0. The van der Waals surface area contributed by atoms with Gasteiger partial charge in [-0.3, -0.25) is 9.36 Å². The fourth-order valence-corrected chi connectivity index (χ4v) is 3.58. The summed E-state index contributed by atoms with van der Waals surface area (Å²) in [6, 6.07) is 12.2. The first-order valence-corrected chi connectivity index (χ1v) is 9.20. The highest BCUT2D eigenvalue weighted by Gasteiger charge is 2.30.